The number of amides is 1. The predicted octanol–water partition coefficient (Wildman–Crippen LogP) is 4.24. The predicted molar refractivity (Wildman–Crippen MR) is 113 cm³/mol. The second kappa shape index (κ2) is 9.00. The lowest BCUT2D eigenvalue weighted by atomic mass is 10.1. The third-order valence-electron chi connectivity index (χ3n) is 5.00. The van der Waals surface area contributed by atoms with Gasteiger partial charge in [-0.15, -0.1) is 0 Å². The number of nitrogens with one attached hydrogen (secondary N) is 1. The molecule has 1 N–H and O–H groups in total. The van der Waals surface area contributed by atoms with Crippen LogP contribution in [-0.4, -0.2) is 44.9 Å². The quantitative estimate of drug-likeness (QED) is 0.590. The second-order valence-corrected chi connectivity index (χ2v) is 9.18. The Balaban J connectivity index is 1.51. The van der Waals surface area contributed by atoms with Gasteiger partial charge in [0.25, 0.3) is 5.91 Å². The highest BCUT2D eigenvalue weighted by molar-refractivity contribution is 7.89. The molecule has 1 fully saturated rings. The molecule has 0 aliphatic carbocycles. The van der Waals surface area contributed by atoms with E-state index in [-0.39, 0.29) is 40.8 Å². The number of alkyl halides is 3. The van der Waals surface area contributed by atoms with Gasteiger partial charge in [0.1, 0.15) is 5.76 Å². The normalized spacial score (nSPS) is 15.4. The average Bonchev–Trinajstić information content (AvgIpc) is 3.30. The molecular weight excluding hydrogens is 461 g/mol. The van der Waals surface area contributed by atoms with Crippen molar-refractivity contribution in [2.45, 2.75) is 11.1 Å². The fraction of sp³-hybridized carbons (Fsp3) is 0.227. The van der Waals surface area contributed by atoms with Gasteiger partial charge in [0.2, 0.25) is 10.0 Å². The zero-order valence-electron chi connectivity index (χ0n) is 17.1. The number of nitrogens with zero attached hydrogens (tertiary/aromatic N) is 1. The van der Waals surface area contributed by atoms with Gasteiger partial charge in [0.15, 0.2) is 5.76 Å². The van der Waals surface area contributed by atoms with Crippen LogP contribution in [0, 0.1) is 0 Å². The summed E-state index contributed by atoms with van der Waals surface area (Å²) in [7, 11) is -3.75. The van der Waals surface area contributed by atoms with Gasteiger partial charge in [-0.05, 0) is 42.5 Å². The van der Waals surface area contributed by atoms with Gasteiger partial charge >= 0.3 is 6.18 Å². The van der Waals surface area contributed by atoms with Crippen LogP contribution in [0.1, 0.15) is 16.1 Å². The Morgan fingerprint density at radius 1 is 0.970 bits per heavy atom. The molecule has 0 spiro atoms. The second-order valence-electron chi connectivity index (χ2n) is 7.24. The number of benzene rings is 2. The first-order chi connectivity index (χ1) is 15.6. The average molecular weight is 480 g/mol. The lowest BCUT2D eigenvalue weighted by molar-refractivity contribution is -0.137. The summed E-state index contributed by atoms with van der Waals surface area (Å²) in [6.07, 6.45) is -4.50. The van der Waals surface area contributed by atoms with Gasteiger partial charge in [-0.2, -0.15) is 17.5 Å². The maximum Gasteiger partial charge on any atom is 0.416 e. The third kappa shape index (κ3) is 5.10. The largest absolute Gasteiger partial charge is 0.451 e. The number of carbonyl (C=O) groups excluding carboxylic acids is 1. The molecule has 2 aromatic carbocycles. The zero-order chi connectivity index (χ0) is 23.6. The summed E-state index contributed by atoms with van der Waals surface area (Å²) in [5, 5.41) is 2.55. The van der Waals surface area contributed by atoms with E-state index in [0.29, 0.717) is 13.2 Å². The maximum atomic E-state index is 12.9. The highest BCUT2D eigenvalue weighted by Crippen LogP contribution is 2.32. The Hall–Kier alpha value is -3.15. The molecule has 7 nitrogen and oxygen atoms in total. The minimum absolute atomic E-state index is 0.0197. The first-order valence-corrected chi connectivity index (χ1v) is 11.4. The number of anilines is 1. The minimum Gasteiger partial charge on any atom is -0.451 e. The number of carbonyl (C=O) groups is 1. The van der Waals surface area contributed by atoms with Gasteiger partial charge in [-0.3, -0.25) is 4.79 Å². The van der Waals surface area contributed by atoms with Gasteiger partial charge in [0, 0.05) is 24.3 Å². The highest BCUT2D eigenvalue weighted by atomic mass is 32.2. The summed E-state index contributed by atoms with van der Waals surface area (Å²) in [6, 6.07) is 13.1. The Morgan fingerprint density at radius 2 is 1.70 bits per heavy atom. The summed E-state index contributed by atoms with van der Waals surface area (Å²) in [5.74, 6) is -0.715. The lowest BCUT2D eigenvalue weighted by Gasteiger charge is -2.26. The molecule has 11 heteroatoms. The van der Waals surface area contributed by atoms with Crippen molar-refractivity contribution in [1.82, 2.24) is 4.31 Å². The molecule has 1 aliphatic rings. The molecule has 0 unspecified atom stereocenters. The van der Waals surface area contributed by atoms with Crippen LogP contribution < -0.4 is 5.32 Å². The van der Waals surface area contributed by atoms with Crippen molar-refractivity contribution >= 4 is 21.6 Å². The van der Waals surface area contributed by atoms with E-state index >= 15 is 0 Å². The number of halogens is 3. The van der Waals surface area contributed by atoms with Gasteiger partial charge in [-0.25, -0.2) is 8.42 Å². The van der Waals surface area contributed by atoms with Gasteiger partial charge < -0.3 is 14.5 Å². The number of hydrogen-bond donors (Lipinski definition) is 1. The Kier molecular flexibility index (Phi) is 6.28. The fourth-order valence-corrected chi connectivity index (χ4v) is 4.78. The van der Waals surface area contributed by atoms with Crippen molar-refractivity contribution in [3.8, 4) is 11.3 Å². The van der Waals surface area contributed by atoms with Crippen molar-refractivity contribution in [2.24, 2.45) is 0 Å². The smallest absolute Gasteiger partial charge is 0.416 e. The van der Waals surface area contributed by atoms with Crippen molar-refractivity contribution in [3.05, 3.63) is 72.0 Å². The maximum absolute atomic E-state index is 12.9. The molecule has 0 atom stereocenters. The fourth-order valence-electron chi connectivity index (χ4n) is 3.33. The summed E-state index contributed by atoms with van der Waals surface area (Å²) >= 11 is 0. The molecule has 1 aliphatic heterocycles. The first kappa shape index (κ1) is 23.0. The van der Waals surface area contributed by atoms with E-state index < -0.39 is 27.7 Å². The number of sulfonamides is 1. The third-order valence-corrected chi connectivity index (χ3v) is 6.90. The number of rotatable bonds is 5. The van der Waals surface area contributed by atoms with Crippen molar-refractivity contribution in [3.63, 3.8) is 0 Å². The van der Waals surface area contributed by atoms with Crippen LogP contribution in [0.25, 0.3) is 11.3 Å². The highest BCUT2D eigenvalue weighted by Gasteiger charge is 2.31. The minimum atomic E-state index is -4.50. The van der Waals surface area contributed by atoms with Crippen LogP contribution in [0.4, 0.5) is 18.9 Å². The van der Waals surface area contributed by atoms with Crippen LogP contribution in [0.15, 0.2) is 70.0 Å². The molecule has 1 amide bonds. The monoisotopic (exact) mass is 480 g/mol. The summed E-state index contributed by atoms with van der Waals surface area (Å²) < 4.78 is 76.4. The Bertz CT molecular complexity index is 1260. The molecule has 1 aromatic heterocycles. The van der Waals surface area contributed by atoms with Crippen molar-refractivity contribution < 1.29 is 35.5 Å². The molecule has 174 valence electrons. The van der Waals surface area contributed by atoms with Crippen LogP contribution in [0.2, 0.25) is 0 Å². The van der Waals surface area contributed by atoms with Crippen molar-refractivity contribution in [1.29, 1.82) is 0 Å². The van der Waals surface area contributed by atoms with Crippen LogP contribution in [0.5, 0.6) is 0 Å². The summed E-state index contributed by atoms with van der Waals surface area (Å²) in [5.41, 5.74) is -0.436. The van der Waals surface area contributed by atoms with E-state index in [0.717, 1.165) is 12.1 Å². The van der Waals surface area contributed by atoms with E-state index in [1.54, 1.807) is 0 Å². The van der Waals surface area contributed by atoms with Crippen LogP contribution >= 0.6 is 0 Å². The van der Waals surface area contributed by atoms with E-state index in [1.165, 1.54) is 52.8 Å². The molecule has 0 radical (unpaired) electrons. The topological polar surface area (TPSA) is 88.9 Å². The molecule has 2 heterocycles. The number of ether oxygens (including phenoxy) is 1. The number of hydrogen-bond acceptors (Lipinski definition) is 5. The molecule has 33 heavy (non-hydrogen) atoms. The van der Waals surface area contributed by atoms with E-state index in [4.69, 9.17) is 9.15 Å². The molecule has 0 bridgehead atoms. The van der Waals surface area contributed by atoms with E-state index in [1.807, 2.05) is 0 Å². The Labute approximate surface area is 187 Å². The molecule has 0 saturated carbocycles. The van der Waals surface area contributed by atoms with Crippen molar-refractivity contribution in [2.75, 3.05) is 31.6 Å². The first-order valence-electron chi connectivity index (χ1n) is 9.91. The van der Waals surface area contributed by atoms with Crippen LogP contribution in [-0.2, 0) is 20.9 Å². The van der Waals surface area contributed by atoms with Gasteiger partial charge in [0.05, 0.1) is 23.7 Å². The standard InChI is InChI=1S/C22H19F3N2O5S/c23-22(24,25)16-4-1-3-15(13-16)19-7-8-20(32-19)21(28)26-17-5-2-6-18(14-17)33(29,30)27-9-11-31-12-10-27/h1-8,13-14H,9-12H2,(H,26,28). The van der Waals surface area contributed by atoms with E-state index in [9.17, 15) is 26.4 Å². The summed E-state index contributed by atoms with van der Waals surface area (Å²) in [4.78, 5) is 12.6. The molecule has 1 saturated heterocycles. The lowest BCUT2D eigenvalue weighted by Crippen LogP contribution is -2.40. The summed E-state index contributed by atoms with van der Waals surface area (Å²) in [6.45, 7) is 1.10. The molecule has 3 aromatic rings. The van der Waals surface area contributed by atoms with Crippen LogP contribution in [0.3, 0.4) is 0 Å². The molecule has 4 rings (SSSR count). The molecular formula is C22H19F3N2O5S. The van der Waals surface area contributed by atoms with Gasteiger partial charge in [-0.1, -0.05) is 18.2 Å². The SMILES string of the molecule is O=C(Nc1cccc(S(=O)(=O)N2CCOCC2)c1)c1ccc(-c2cccc(C(F)(F)F)c2)o1. The van der Waals surface area contributed by atoms with E-state index in [2.05, 4.69) is 5.32 Å². The number of furan rings is 1. The number of morpholine rings is 1. The Morgan fingerprint density at radius 3 is 2.42 bits per heavy atom. The zero-order valence-corrected chi connectivity index (χ0v) is 17.9.